The molecule has 2 atom stereocenters. The first-order valence-corrected chi connectivity index (χ1v) is 20.9. The summed E-state index contributed by atoms with van der Waals surface area (Å²) in [5, 5.41) is 3.83. The Kier molecular flexibility index (Phi) is 8.05. The summed E-state index contributed by atoms with van der Waals surface area (Å²) in [5.41, 5.74) is 18.1. The molecule has 7 aromatic carbocycles. The van der Waals surface area contributed by atoms with Crippen LogP contribution >= 0.6 is 0 Å². The Labute approximate surface area is 341 Å². The van der Waals surface area contributed by atoms with Gasteiger partial charge in [-0.05, 0) is 112 Å². The van der Waals surface area contributed by atoms with E-state index in [1.54, 1.807) is 0 Å². The summed E-state index contributed by atoms with van der Waals surface area (Å²) in [4.78, 5) is 2.50. The van der Waals surface area contributed by atoms with Gasteiger partial charge in [0.05, 0.1) is 11.2 Å². The quantitative estimate of drug-likeness (QED) is 0.164. The van der Waals surface area contributed by atoms with E-state index in [-0.39, 0.29) is 17.3 Å². The Morgan fingerprint density at radius 1 is 0.638 bits per heavy atom. The maximum atomic E-state index is 2.50. The zero-order valence-corrected chi connectivity index (χ0v) is 33.4. The van der Waals surface area contributed by atoms with Gasteiger partial charge in [0.15, 0.2) is 0 Å². The third kappa shape index (κ3) is 5.46. The standard InChI is InChI=1S/C56H46N2/c1-37-34-43(57(53-23-13-17-40-16-7-8-18-46(40)53)44-30-32-48-47-19-9-11-21-51(47)56(2,3)52(48)36-44)29-31-45(37)41-26-33-55-50(35-41)49-20-10-12-22-54(49)58(55)42-27-24-39(25-28-42)38-14-5-4-6-15-38/h4-11,13-21,23-37,45H,12,22H2,1-3H3. The third-order valence-electron chi connectivity index (χ3n) is 13.1. The second-order valence-corrected chi connectivity index (χ2v) is 16.9. The highest BCUT2D eigenvalue weighted by atomic mass is 15.1. The molecule has 11 rings (SSSR count). The number of fused-ring (bicyclic) bond motifs is 7. The van der Waals surface area contributed by atoms with E-state index in [0.29, 0.717) is 0 Å². The molecule has 2 unspecified atom stereocenters. The van der Waals surface area contributed by atoms with Gasteiger partial charge in [0.2, 0.25) is 0 Å². The molecule has 0 saturated carbocycles. The fraction of sp³-hybridized carbons (Fsp3) is 0.143. The van der Waals surface area contributed by atoms with Gasteiger partial charge in [0.1, 0.15) is 0 Å². The predicted molar refractivity (Wildman–Crippen MR) is 245 cm³/mol. The Morgan fingerprint density at radius 2 is 1.40 bits per heavy atom. The summed E-state index contributed by atoms with van der Waals surface area (Å²) < 4.78 is 2.50. The van der Waals surface area contributed by atoms with Crippen molar-refractivity contribution in [3.63, 3.8) is 0 Å². The molecular weight excluding hydrogens is 701 g/mol. The average molecular weight is 747 g/mol. The summed E-state index contributed by atoms with van der Waals surface area (Å²) >= 11 is 0. The van der Waals surface area contributed by atoms with Crippen molar-refractivity contribution >= 4 is 39.1 Å². The van der Waals surface area contributed by atoms with Crippen LogP contribution in [0, 0.1) is 5.92 Å². The number of rotatable bonds is 6. The van der Waals surface area contributed by atoms with Crippen LogP contribution in [0.15, 0.2) is 188 Å². The SMILES string of the molecule is CC1C=C(N(c2ccc3c(c2)C(C)(C)c2ccccc2-3)c2cccc3ccccc23)C=CC1c1ccc2c(c1)c1c(n2-c2ccc(-c3ccccc3)cc2)CCC=C1. The molecule has 0 aliphatic heterocycles. The maximum Gasteiger partial charge on any atom is 0.0539 e. The largest absolute Gasteiger partial charge is 0.313 e. The van der Waals surface area contributed by atoms with Crippen molar-refractivity contribution in [2.45, 2.75) is 44.9 Å². The van der Waals surface area contributed by atoms with Gasteiger partial charge >= 0.3 is 0 Å². The summed E-state index contributed by atoms with van der Waals surface area (Å²) in [5.74, 6) is 0.539. The molecule has 2 heteroatoms. The minimum Gasteiger partial charge on any atom is -0.313 e. The summed E-state index contributed by atoms with van der Waals surface area (Å²) in [6.07, 6.45) is 14.1. The smallest absolute Gasteiger partial charge is 0.0539 e. The van der Waals surface area contributed by atoms with E-state index in [0.717, 1.165) is 12.8 Å². The van der Waals surface area contributed by atoms with Crippen LogP contribution in [0.3, 0.4) is 0 Å². The van der Waals surface area contributed by atoms with Crippen molar-refractivity contribution in [2.75, 3.05) is 4.90 Å². The molecule has 8 aromatic rings. The fourth-order valence-corrected chi connectivity index (χ4v) is 10.2. The van der Waals surface area contributed by atoms with Gasteiger partial charge in [-0.1, -0.05) is 160 Å². The molecular formula is C56H46N2. The first-order valence-electron chi connectivity index (χ1n) is 20.9. The molecule has 0 saturated heterocycles. The first-order chi connectivity index (χ1) is 28.4. The second-order valence-electron chi connectivity index (χ2n) is 16.9. The van der Waals surface area contributed by atoms with Crippen molar-refractivity contribution in [3.05, 3.63) is 216 Å². The van der Waals surface area contributed by atoms with E-state index in [9.17, 15) is 0 Å². The van der Waals surface area contributed by atoms with Gasteiger partial charge < -0.3 is 9.47 Å². The molecule has 3 aliphatic carbocycles. The monoisotopic (exact) mass is 746 g/mol. The van der Waals surface area contributed by atoms with Gasteiger partial charge in [-0.15, -0.1) is 0 Å². The van der Waals surface area contributed by atoms with Crippen molar-refractivity contribution in [1.29, 1.82) is 0 Å². The van der Waals surface area contributed by atoms with Gasteiger partial charge in [0.25, 0.3) is 0 Å². The lowest BCUT2D eigenvalue weighted by Crippen LogP contribution is -2.21. The number of hydrogen-bond acceptors (Lipinski definition) is 1. The maximum absolute atomic E-state index is 2.50. The van der Waals surface area contributed by atoms with Crippen LogP contribution in [0.2, 0.25) is 0 Å². The Bertz CT molecular complexity index is 2980. The van der Waals surface area contributed by atoms with Crippen LogP contribution < -0.4 is 4.90 Å². The van der Waals surface area contributed by atoms with Crippen LogP contribution in [0.25, 0.3) is 55.7 Å². The highest BCUT2D eigenvalue weighted by molar-refractivity contribution is 5.98. The number of aromatic nitrogens is 1. The van der Waals surface area contributed by atoms with Crippen molar-refractivity contribution < 1.29 is 0 Å². The normalized spacial score (nSPS) is 17.5. The van der Waals surface area contributed by atoms with E-state index < -0.39 is 0 Å². The first kappa shape index (κ1) is 34.6. The van der Waals surface area contributed by atoms with Crippen LogP contribution in [0.5, 0.6) is 0 Å². The average Bonchev–Trinajstić information content (AvgIpc) is 3.72. The molecule has 280 valence electrons. The number of hydrogen-bond donors (Lipinski definition) is 0. The molecule has 0 fully saturated rings. The molecule has 1 aromatic heterocycles. The number of allylic oxidation sites excluding steroid dienone is 4. The topological polar surface area (TPSA) is 8.17 Å². The summed E-state index contributed by atoms with van der Waals surface area (Å²) in [6, 6.07) is 58.5. The van der Waals surface area contributed by atoms with E-state index in [4.69, 9.17) is 0 Å². The fourth-order valence-electron chi connectivity index (χ4n) is 10.2. The van der Waals surface area contributed by atoms with E-state index in [1.807, 2.05) is 0 Å². The highest BCUT2D eigenvalue weighted by Crippen LogP contribution is 2.51. The molecule has 3 aliphatic rings. The minimum absolute atomic E-state index is 0.0842. The number of nitrogens with zero attached hydrogens (tertiary/aromatic N) is 2. The molecule has 1 heterocycles. The Balaban J connectivity index is 0.978. The van der Waals surface area contributed by atoms with Crippen LogP contribution in [-0.2, 0) is 11.8 Å². The van der Waals surface area contributed by atoms with Crippen molar-refractivity contribution in [3.8, 4) is 27.9 Å². The molecule has 58 heavy (non-hydrogen) atoms. The zero-order chi connectivity index (χ0) is 39.0. The van der Waals surface area contributed by atoms with Crippen LogP contribution in [0.1, 0.15) is 61.1 Å². The lowest BCUT2D eigenvalue weighted by molar-refractivity contribution is 0.629. The number of benzene rings is 7. The van der Waals surface area contributed by atoms with Gasteiger partial charge in [-0.2, -0.15) is 0 Å². The predicted octanol–water partition coefficient (Wildman–Crippen LogP) is 14.7. The highest BCUT2D eigenvalue weighted by Gasteiger charge is 2.36. The molecule has 0 bridgehead atoms. The molecule has 0 N–H and O–H groups in total. The van der Waals surface area contributed by atoms with Crippen molar-refractivity contribution in [1.82, 2.24) is 4.57 Å². The second kappa shape index (κ2) is 13.5. The minimum atomic E-state index is -0.0842. The zero-order valence-electron chi connectivity index (χ0n) is 33.4. The molecule has 2 nitrogen and oxygen atoms in total. The lowest BCUT2D eigenvalue weighted by Gasteiger charge is -2.33. The lowest BCUT2D eigenvalue weighted by atomic mass is 9.81. The molecule has 0 amide bonds. The van der Waals surface area contributed by atoms with E-state index >= 15 is 0 Å². The number of anilines is 2. The van der Waals surface area contributed by atoms with E-state index in [2.05, 4.69) is 218 Å². The Hall–Kier alpha value is -6.64. The van der Waals surface area contributed by atoms with Gasteiger partial charge in [0, 0.05) is 50.4 Å². The van der Waals surface area contributed by atoms with E-state index in [1.165, 1.54) is 94.6 Å². The van der Waals surface area contributed by atoms with Crippen LogP contribution in [-0.4, -0.2) is 4.57 Å². The molecule has 0 spiro atoms. The molecule has 0 radical (unpaired) electrons. The van der Waals surface area contributed by atoms with Gasteiger partial charge in [-0.25, -0.2) is 0 Å². The van der Waals surface area contributed by atoms with Crippen molar-refractivity contribution in [2.24, 2.45) is 5.92 Å². The van der Waals surface area contributed by atoms with Crippen LogP contribution in [0.4, 0.5) is 11.4 Å². The summed E-state index contributed by atoms with van der Waals surface area (Å²) in [6.45, 7) is 7.13. The summed E-state index contributed by atoms with van der Waals surface area (Å²) in [7, 11) is 0. The Morgan fingerprint density at radius 3 is 2.26 bits per heavy atom. The third-order valence-corrected chi connectivity index (χ3v) is 13.1. The van der Waals surface area contributed by atoms with Gasteiger partial charge in [-0.3, -0.25) is 0 Å².